The predicted octanol–water partition coefficient (Wildman–Crippen LogP) is 2.57. The van der Waals surface area contributed by atoms with Crippen molar-refractivity contribution >= 4 is 5.97 Å². The van der Waals surface area contributed by atoms with E-state index in [1.807, 2.05) is 13.8 Å². The zero-order valence-electron chi connectivity index (χ0n) is 10.7. The van der Waals surface area contributed by atoms with Crippen molar-refractivity contribution in [1.29, 1.82) is 0 Å². The monoisotopic (exact) mass is 257 g/mol. The fraction of sp³-hybridized carbons (Fsp3) is 0.462. The number of hydrogen-bond acceptors (Lipinski definition) is 3. The third-order valence-electron chi connectivity index (χ3n) is 2.77. The van der Waals surface area contributed by atoms with Crippen LogP contribution in [0.25, 0.3) is 0 Å². The molecular weight excluding hydrogens is 240 g/mol. The van der Waals surface area contributed by atoms with Crippen LogP contribution in [0, 0.1) is 11.6 Å². The normalized spacial score (nSPS) is 14.1. The van der Waals surface area contributed by atoms with Crippen molar-refractivity contribution in [2.24, 2.45) is 0 Å². The van der Waals surface area contributed by atoms with Crippen LogP contribution in [0.5, 0.6) is 0 Å². The summed E-state index contributed by atoms with van der Waals surface area (Å²) in [6.45, 7) is 3.78. The molecule has 5 heteroatoms. The van der Waals surface area contributed by atoms with E-state index in [0.29, 0.717) is 0 Å². The maximum absolute atomic E-state index is 13.7. The highest BCUT2D eigenvalue weighted by Gasteiger charge is 2.26. The highest BCUT2D eigenvalue weighted by molar-refractivity contribution is 5.77. The summed E-state index contributed by atoms with van der Waals surface area (Å²) < 4.78 is 31.4. The Bertz CT molecular complexity index is 423. The zero-order chi connectivity index (χ0) is 13.7. The molecule has 1 N–H and O–H groups in total. The molecule has 0 spiro atoms. The molecule has 0 aliphatic carbocycles. The molecule has 0 saturated carbocycles. The van der Waals surface area contributed by atoms with Crippen LogP contribution in [0.4, 0.5) is 8.78 Å². The van der Waals surface area contributed by atoms with Gasteiger partial charge < -0.3 is 4.74 Å². The maximum atomic E-state index is 13.7. The Morgan fingerprint density at radius 1 is 1.44 bits per heavy atom. The van der Waals surface area contributed by atoms with E-state index in [-0.39, 0.29) is 11.6 Å². The standard InChI is InChI=1S/C13H17F2NO2/c1-4-8(2)16-12(13(17)18-3)10-7-9(14)5-6-11(10)15/h5-8,12,16H,4H2,1-3H3. The molecular formula is C13H17F2NO2. The van der Waals surface area contributed by atoms with Gasteiger partial charge in [-0.15, -0.1) is 0 Å². The molecule has 1 aromatic carbocycles. The van der Waals surface area contributed by atoms with E-state index in [4.69, 9.17) is 0 Å². The summed E-state index contributed by atoms with van der Waals surface area (Å²) in [5.74, 6) is -1.87. The highest BCUT2D eigenvalue weighted by Crippen LogP contribution is 2.20. The molecule has 0 heterocycles. The summed E-state index contributed by atoms with van der Waals surface area (Å²) in [6, 6.07) is 2.00. The van der Waals surface area contributed by atoms with Crippen LogP contribution in [0.15, 0.2) is 18.2 Å². The van der Waals surface area contributed by atoms with Crippen LogP contribution >= 0.6 is 0 Å². The van der Waals surface area contributed by atoms with Crippen molar-refractivity contribution in [3.05, 3.63) is 35.4 Å². The van der Waals surface area contributed by atoms with E-state index in [9.17, 15) is 13.6 Å². The van der Waals surface area contributed by atoms with E-state index >= 15 is 0 Å². The molecule has 2 atom stereocenters. The van der Waals surface area contributed by atoms with Gasteiger partial charge in [0, 0.05) is 11.6 Å². The first-order chi connectivity index (χ1) is 8.49. The summed E-state index contributed by atoms with van der Waals surface area (Å²) >= 11 is 0. The highest BCUT2D eigenvalue weighted by atomic mass is 19.1. The summed E-state index contributed by atoms with van der Waals surface area (Å²) in [4.78, 5) is 11.7. The molecule has 0 aliphatic heterocycles. The second-order valence-electron chi connectivity index (χ2n) is 4.10. The Kier molecular flexibility index (Phi) is 5.22. The van der Waals surface area contributed by atoms with Crippen LogP contribution in [-0.2, 0) is 9.53 Å². The van der Waals surface area contributed by atoms with Gasteiger partial charge in [0.2, 0.25) is 0 Å². The zero-order valence-corrected chi connectivity index (χ0v) is 10.7. The fourth-order valence-electron chi connectivity index (χ4n) is 1.54. The molecule has 0 aliphatic rings. The second-order valence-corrected chi connectivity index (χ2v) is 4.10. The number of benzene rings is 1. The van der Waals surface area contributed by atoms with Gasteiger partial charge in [0.25, 0.3) is 0 Å². The van der Waals surface area contributed by atoms with Crippen molar-refractivity contribution in [2.75, 3.05) is 7.11 Å². The topological polar surface area (TPSA) is 38.3 Å². The van der Waals surface area contributed by atoms with Crippen LogP contribution < -0.4 is 5.32 Å². The van der Waals surface area contributed by atoms with Gasteiger partial charge in [-0.05, 0) is 31.5 Å². The van der Waals surface area contributed by atoms with E-state index in [2.05, 4.69) is 10.1 Å². The Hall–Kier alpha value is -1.49. The van der Waals surface area contributed by atoms with Crippen molar-refractivity contribution < 1.29 is 18.3 Å². The second kappa shape index (κ2) is 6.44. The van der Waals surface area contributed by atoms with E-state index in [0.717, 1.165) is 24.6 Å². The lowest BCUT2D eigenvalue weighted by Gasteiger charge is -2.21. The lowest BCUT2D eigenvalue weighted by atomic mass is 10.0. The molecule has 18 heavy (non-hydrogen) atoms. The molecule has 0 saturated heterocycles. The number of methoxy groups -OCH3 is 1. The number of carbonyl (C=O) groups excluding carboxylic acids is 1. The van der Waals surface area contributed by atoms with E-state index in [1.165, 1.54) is 7.11 Å². The Labute approximate surface area is 105 Å². The number of esters is 1. The molecule has 100 valence electrons. The number of halogens is 2. The molecule has 0 radical (unpaired) electrons. The van der Waals surface area contributed by atoms with Gasteiger partial charge >= 0.3 is 5.97 Å². The first-order valence-electron chi connectivity index (χ1n) is 5.78. The Morgan fingerprint density at radius 3 is 2.67 bits per heavy atom. The number of nitrogens with one attached hydrogen (secondary N) is 1. The number of carbonyl (C=O) groups is 1. The average molecular weight is 257 g/mol. The summed E-state index contributed by atoms with van der Waals surface area (Å²) in [5, 5.41) is 2.92. The van der Waals surface area contributed by atoms with Crippen LogP contribution in [0.1, 0.15) is 31.9 Å². The Balaban J connectivity index is 3.08. The minimum absolute atomic E-state index is 0.0169. The quantitative estimate of drug-likeness (QED) is 0.824. The molecule has 0 aromatic heterocycles. The maximum Gasteiger partial charge on any atom is 0.327 e. The molecule has 3 nitrogen and oxygen atoms in total. The van der Waals surface area contributed by atoms with Crippen LogP contribution in [0.3, 0.4) is 0 Å². The van der Waals surface area contributed by atoms with Crippen molar-refractivity contribution in [3.63, 3.8) is 0 Å². The van der Waals surface area contributed by atoms with E-state index in [1.54, 1.807) is 0 Å². The van der Waals surface area contributed by atoms with Crippen molar-refractivity contribution in [1.82, 2.24) is 5.32 Å². The third-order valence-corrected chi connectivity index (χ3v) is 2.77. The van der Waals surface area contributed by atoms with Gasteiger partial charge in [-0.3, -0.25) is 5.32 Å². The minimum atomic E-state index is -0.999. The minimum Gasteiger partial charge on any atom is -0.468 e. The average Bonchev–Trinajstić information content (AvgIpc) is 2.37. The number of ether oxygens (including phenoxy) is 1. The largest absolute Gasteiger partial charge is 0.468 e. The third kappa shape index (κ3) is 3.50. The smallest absolute Gasteiger partial charge is 0.327 e. The first-order valence-corrected chi connectivity index (χ1v) is 5.78. The van der Waals surface area contributed by atoms with Gasteiger partial charge in [0.15, 0.2) is 0 Å². The Morgan fingerprint density at radius 2 is 2.11 bits per heavy atom. The van der Waals surface area contributed by atoms with Gasteiger partial charge in [-0.25, -0.2) is 13.6 Å². The molecule has 1 rings (SSSR count). The molecule has 2 unspecified atom stereocenters. The van der Waals surface area contributed by atoms with E-state index < -0.39 is 23.6 Å². The first kappa shape index (κ1) is 14.6. The predicted molar refractivity (Wildman–Crippen MR) is 64.0 cm³/mol. The number of hydrogen-bond donors (Lipinski definition) is 1. The summed E-state index contributed by atoms with van der Waals surface area (Å²) in [6.07, 6.45) is 0.754. The van der Waals surface area contributed by atoms with Gasteiger partial charge in [-0.1, -0.05) is 6.92 Å². The fourth-order valence-corrected chi connectivity index (χ4v) is 1.54. The SMILES string of the molecule is CCC(C)NC(C(=O)OC)c1cc(F)ccc1F. The van der Waals surface area contributed by atoms with Crippen molar-refractivity contribution in [2.45, 2.75) is 32.4 Å². The van der Waals surface area contributed by atoms with Crippen LogP contribution in [-0.4, -0.2) is 19.1 Å². The molecule has 0 bridgehead atoms. The lowest BCUT2D eigenvalue weighted by molar-refractivity contribution is -0.143. The lowest BCUT2D eigenvalue weighted by Crippen LogP contribution is -2.36. The van der Waals surface area contributed by atoms with Gasteiger partial charge in [0.1, 0.15) is 17.7 Å². The van der Waals surface area contributed by atoms with Gasteiger partial charge in [-0.2, -0.15) is 0 Å². The van der Waals surface area contributed by atoms with Crippen molar-refractivity contribution in [3.8, 4) is 0 Å². The summed E-state index contributed by atoms with van der Waals surface area (Å²) in [5.41, 5.74) is -0.0397. The molecule has 0 fully saturated rings. The molecule has 0 amide bonds. The molecule has 1 aromatic rings. The van der Waals surface area contributed by atoms with Gasteiger partial charge in [0.05, 0.1) is 7.11 Å². The number of rotatable bonds is 5. The van der Waals surface area contributed by atoms with Crippen LogP contribution in [0.2, 0.25) is 0 Å². The summed E-state index contributed by atoms with van der Waals surface area (Å²) in [7, 11) is 1.21.